The summed E-state index contributed by atoms with van der Waals surface area (Å²) in [5.74, 6) is 0.813. The van der Waals surface area contributed by atoms with E-state index in [4.69, 9.17) is 4.74 Å². The molecule has 0 saturated heterocycles. The Morgan fingerprint density at radius 2 is 2.06 bits per heavy atom. The quantitative estimate of drug-likeness (QED) is 0.611. The Bertz CT molecular complexity index is 193. The third kappa shape index (κ3) is 5.84. The first-order valence-electron chi connectivity index (χ1n) is 7.14. The standard InChI is InChI=1S/C14H29NO2/c1-3-15-14(2,12-16)9-6-10-17-11-13-7-4-5-8-13/h13,15-16H,3-12H2,1-2H3. The maximum absolute atomic E-state index is 9.34. The van der Waals surface area contributed by atoms with Crippen LogP contribution in [-0.4, -0.2) is 37.0 Å². The van der Waals surface area contributed by atoms with Gasteiger partial charge in [-0.1, -0.05) is 19.8 Å². The smallest absolute Gasteiger partial charge is 0.0610 e. The average Bonchev–Trinajstić information content (AvgIpc) is 2.82. The van der Waals surface area contributed by atoms with Gasteiger partial charge in [0.1, 0.15) is 0 Å². The highest BCUT2D eigenvalue weighted by molar-refractivity contribution is 4.81. The molecule has 0 aromatic heterocycles. The highest BCUT2D eigenvalue weighted by Gasteiger charge is 2.21. The Morgan fingerprint density at radius 1 is 1.35 bits per heavy atom. The summed E-state index contributed by atoms with van der Waals surface area (Å²) in [7, 11) is 0. The second-order valence-corrected chi connectivity index (χ2v) is 5.58. The van der Waals surface area contributed by atoms with Crippen molar-refractivity contribution in [2.75, 3.05) is 26.4 Å². The maximum atomic E-state index is 9.34. The van der Waals surface area contributed by atoms with Crippen LogP contribution in [0.4, 0.5) is 0 Å². The van der Waals surface area contributed by atoms with Gasteiger partial charge in [0, 0.05) is 18.8 Å². The summed E-state index contributed by atoms with van der Waals surface area (Å²) in [6, 6.07) is 0. The molecule has 102 valence electrons. The van der Waals surface area contributed by atoms with Crippen molar-refractivity contribution in [3.8, 4) is 0 Å². The van der Waals surface area contributed by atoms with Gasteiger partial charge in [-0.2, -0.15) is 0 Å². The van der Waals surface area contributed by atoms with Gasteiger partial charge in [-0.3, -0.25) is 0 Å². The Hall–Kier alpha value is -0.120. The molecule has 0 amide bonds. The van der Waals surface area contributed by atoms with Crippen molar-refractivity contribution in [3.63, 3.8) is 0 Å². The fraction of sp³-hybridized carbons (Fsp3) is 1.00. The van der Waals surface area contributed by atoms with E-state index in [1.807, 2.05) is 0 Å². The molecule has 17 heavy (non-hydrogen) atoms. The van der Waals surface area contributed by atoms with E-state index in [0.29, 0.717) is 0 Å². The molecule has 1 fully saturated rings. The molecule has 0 aromatic carbocycles. The molecular weight excluding hydrogens is 214 g/mol. The van der Waals surface area contributed by atoms with E-state index in [-0.39, 0.29) is 12.1 Å². The highest BCUT2D eigenvalue weighted by atomic mass is 16.5. The van der Waals surface area contributed by atoms with Crippen LogP contribution in [0.5, 0.6) is 0 Å². The minimum absolute atomic E-state index is 0.133. The highest BCUT2D eigenvalue weighted by Crippen LogP contribution is 2.24. The Morgan fingerprint density at radius 3 is 2.65 bits per heavy atom. The van der Waals surface area contributed by atoms with Crippen LogP contribution >= 0.6 is 0 Å². The molecule has 1 atom stereocenters. The van der Waals surface area contributed by atoms with Crippen LogP contribution in [0.3, 0.4) is 0 Å². The average molecular weight is 243 g/mol. The van der Waals surface area contributed by atoms with Gasteiger partial charge in [0.25, 0.3) is 0 Å². The zero-order valence-electron chi connectivity index (χ0n) is 11.5. The van der Waals surface area contributed by atoms with E-state index in [9.17, 15) is 5.11 Å². The van der Waals surface area contributed by atoms with E-state index in [0.717, 1.165) is 38.5 Å². The molecule has 1 aliphatic carbocycles. The number of rotatable bonds is 9. The lowest BCUT2D eigenvalue weighted by molar-refractivity contribution is 0.0867. The maximum Gasteiger partial charge on any atom is 0.0610 e. The van der Waals surface area contributed by atoms with Crippen molar-refractivity contribution in [2.24, 2.45) is 5.92 Å². The van der Waals surface area contributed by atoms with Gasteiger partial charge in [-0.05, 0) is 45.1 Å². The molecule has 0 spiro atoms. The molecule has 1 rings (SSSR count). The van der Waals surface area contributed by atoms with Crippen LogP contribution in [0.2, 0.25) is 0 Å². The first-order valence-corrected chi connectivity index (χ1v) is 7.14. The molecule has 0 aliphatic heterocycles. The van der Waals surface area contributed by atoms with Crippen LogP contribution in [0, 0.1) is 5.92 Å². The molecule has 2 N–H and O–H groups in total. The van der Waals surface area contributed by atoms with Crippen LogP contribution in [-0.2, 0) is 4.74 Å². The van der Waals surface area contributed by atoms with Gasteiger partial charge >= 0.3 is 0 Å². The summed E-state index contributed by atoms with van der Waals surface area (Å²) in [5, 5.41) is 12.7. The molecule has 1 saturated carbocycles. The molecular formula is C14H29NO2. The van der Waals surface area contributed by atoms with Gasteiger partial charge in [0.2, 0.25) is 0 Å². The van der Waals surface area contributed by atoms with Gasteiger partial charge in [0.05, 0.1) is 6.61 Å². The minimum Gasteiger partial charge on any atom is -0.394 e. The van der Waals surface area contributed by atoms with Crippen molar-refractivity contribution in [2.45, 2.75) is 57.9 Å². The van der Waals surface area contributed by atoms with Crippen molar-refractivity contribution in [1.82, 2.24) is 5.32 Å². The normalized spacial score (nSPS) is 20.6. The Balaban J connectivity index is 2.01. The zero-order valence-corrected chi connectivity index (χ0v) is 11.5. The molecule has 3 heteroatoms. The first kappa shape index (κ1) is 14.9. The minimum atomic E-state index is -0.133. The molecule has 1 unspecified atom stereocenters. The van der Waals surface area contributed by atoms with E-state index in [2.05, 4.69) is 19.2 Å². The largest absolute Gasteiger partial charge is 0.394 e. The number of aliphatic hydroxyl groups is 1. The topological polar surface area (TPSA) is 41.5 Å². The summed E-state index contributed by atoms with van der Waals surface area (Å²) in [6.45, 7) is 7.02. The SMILES string of the molecule is CCNC(C)(CO)CCCOCC1CCCC1. The molecule has 0 aromatic rings. The van der Waals surface area contributed by atoms with E-state index in [1.165, 1.54) is 25.7 Å². The lowest BCUT2D eigenvalue weighted by Gasteiger charge is -2.28. The fourth-order valence-electron chi connectivity index (χ4n) is 2.64. The summed E-state index contributed by atoms with van der Waals surface area (Å²) >= 11 is 0. The summed E-state index contributed by atoms with van der Waals surface area (Å²) in [6.07, 6.45) is 7.48. The number of hydrogen-bond acceptors (Lipinski definition) is 3. The summed E-state index contributed by atoms with van der Waals surface area (Å²) in [4.78, 5) is 0. The van der Waals surface area contributed by atoms with Crippen LogP contribution in [0.15, 0.2) is 0 Å². The number of nitrogens with one attached hydrogen (secondary N) is 1. The third-order valence-corrected chi connectivity index (χ3v) is 3.80. The van der Waals surface area contributed by atoms with Crippen LogP contribution < -0.4 is 5.32 Å². The monoisotopic (exact) mass is 243 g/mol. The first-order chi connectivity index (χ1) is 8.20. The van der Waals surface area contributed by atoms with Gasteiger partial charge < -0.3 is 15.2 Å². The second-order valence-electron chi connectivity index (χ2n) is 5.58. The third-order valence-electron chi connectivity index (χ3n) is 3.80. The van der Waals surface area contributed by atoms with Crippen molar-refractivity contribution < 1.29 is 9.84 Å². The lowest BCUT2D eigenvalue weighted by Crippen LogP contribution is -2.45. The summed E-state index contributed by atoms with van der Waals surface area (Å²) in [5.41, 5.74) is -0.133. The van der Waals surface area contributed by atoms with Gasteiger partial charge in [-0.15, -0.1) is 0 Å². The summed E-state index contributed by atoms with van der Waals surface area (Å²) < 4.78 is 5.73. The molecule has 0 radical (unpaired) electrons. The molecule has 0 heterocycles. The Kier molecular flexibility index (Phi) is 7.09. The van der Waals surface area contributed by atoms with Crippen LogP contribution in [0.1, 0.15) is 52.4 Å². The predicted octanol–water partition coefficient (Wildman–Crippen LogP) is 2.33. The second kappa shape index (κ2) is 8.06. The number of likely N-dealkylation sites (N-methyl/N-ethyl adjacent to an activating group) is 1. The van der Waals surface area contributed by atoms with Gasteiger partial charge in [-0.25, -0.2) is 0 Å². The van der Waals surface area contributed by atoms with Crippen molar-refractivity contribution in [1.29, 1.82) is 0 Å². The lowest BCUT2D eigenvalue weighted by atomic mass is 9.97. The number of hydrogen-bond donors (Lipinski definition) is 2. The van der Waals surface area contributed by atoms with E-state index < -0.39 is 0 Å². The van der Waals surface area contributed by atoms with E-state index in [1.54, 1.807) is 0 Å². The molecule has 1 aliphatic rings. The van der Waals surface area contributed by atoms with Gasteiger partial charge in [0.15, 0.2) is 0 Å². The predicted molar refractivity (Wildman–Crippen MR) is 71.2 cm³/mol. The van der Waals surface area contributed by atoms with Crippen LogP contribution in [0.25, 0.3) is 0 Å². The van der Waals surface area contributed by atoms with Crippen molar-refractivity contribution in [3.05, 3.63) is 0 Å². The molecule has 0 bridgehead atoms. The Labute approximate surface area is 106 Å². The number of ether oxygens (including phenoxy) is 1. The van der Waals surface area contributed by atoms with E-state index >= 15 is 0 Å². The fourth-order valence-corrected chi connectivity index (χ4v) is 2.64. The van der Waals surface area contributed by atoms with Crippen molar-refractivity contribution >= 4 is 0 Å². The molecule has 3 nitrogen and oxygen atoms in total. The zero-order chi connectivity index (χ0) is 12.6. The number of aliphatic hydroxyl groups excluding tert-OH is 1.